The van der Waals surface area contributed by atoms with Gasteiger partial charge in [0.2, 0.25) is 5.89 Å². The first-order valence-electron chi connectivity index (χ1n) is 7.43. The second-order valence-corrected chi connectivity index (χ2v) is 5.31. The van der Waals surface area contributed by atoms with E-state index in [1.807, 2.05) is 0 Å². The smallest absolute Gasteiger partial charge is 0.307 e. The van der Waals surface area contributed by atoms with Gasteiger partial charge in [-0.3, -0.25) is 4.79 Å². The zero-order valence-corrected chi connectivity index (χ0v) is 12.2. The minimum atomic E-state index is -0.754. The van der Waals surface area contributed by atoms with E-state index in [0.29, 0.717) is 18.1 Å². The van der Waals surface area contributed by atoms with Crippen LogP contribution in [-0.2, 0) is 11.2 Å². The topological polar surface area (TPSA) is 79.5 Å². The molecule has 0 amide bonds. The van der Waals surface area contributed by atoms with E-state index in [2.05, 4.69) is 28.9 Å². The van der Waals surface area contributed by atoms with Crippen molar-refractivity contribution in [1.29, 1.82) is 0 Å². The molecule has 1 N–H and O–H groups in total. The molecule has 1 heterocycles. The second-order valence-electron chi connectivity index (χ2n) is 5.31. The fourth-order valence-corrected chi connectivity index (χ4v) is 2.87. The molecule has 1 saturated carbocycles. The Labute approximate surface area is 119 Å². The van der Waals surface area contributed by atoms with Crippen LogP contribution in [-0.4, -0.2) is 45.8 Å². The van der Waals surface area contributed by atoms with E-state index >= 15 is 0 Å². The van der Waals surface area contributed by atoms with Gasteiger partial charge >= 0.3 is 5.97 Å². The van der Waals surface area contributed by atoms with E-state index in [9.17, 15) is 9.90 Å². The maximum atomic E-state index is 11.2. The molecule has 0 bridgehead atoms. The van der Waals surface area contributed by atoms with E-state index in [1.54, 1.807) is 0 Å². The number of carboxylic acids is 1. The van der Waals surface area contributed by atoms with E-state index in [0.717, 1.165) is 38.9 Å². The van der Waals surface area contributed by atoms with Gasteiger partial charge in [0.25, 0.3) is 0 Å². The number of aliphatic carboxylic acids is 1. The van der Waals surface area contributed by atoms with Crippen molar-refractivity contribution in [3.05, 3.63) is 11.7 Å². The van der Waals surface area contributed by atoms with Gasteiger partial charge in [0.1, 0.15) is 0 Å². The monoisotopic (exact) mass is 281 g/mol. The Morgan fingerprint density at radius 3 is 2.80 bits per heavy atom. The minimum absolute atomic E-state index is 0.109. The highest BCUT2D eigenvalue weighted by Gasteiger charge is 2.37. The Kier molecular flexibility index (Phi) is 5.11. The molecule has 1 aliphatic rings. The van der Waals surface area contributed by atoms with Crippen molar-refractivity contribution in [2.45, 2.75) is 45.4 Å². The Hall–Kier alpha value is -1.43. The molecular formula is C14H23N3O3. The number of nitrogens with zero attached hydrogens (tertiary/aromatic N) is 3. The Morgan fingerprint density at radius 1 is 1.40 bits per heavy atom. The number of aromatic nitrogens is 2. The first-order valence-corrected chi connectivity index (χ1v) is 7.43. The van der Waals surface area contributed by atoms with Gasteiger partial charge in [-0.25, -0.2) is 0 Å². The SMILES string of the molecule is CCN(CC)CCc1noc(C2CCCC2C(=O)O)n1. The third kappa shape index (κ3) is 3.36. The molecule has 0 spiro atoms. The Bertz CT molecular complexity index is 443. The van der Waals surface area contributed by atoms with Crippen molar-refractivity contribution < 1.29 is 14.4 Å². The predicted molar refractivity (Wildman–Crippen MR) is 73.5 cm³/mol. The van der Waals surface area contributed by atoms with E-state index in [1.165, 1.54) is 0 Å². The second kappa shape index (κ2) is 6.83. The highest BCUT2D eigenvalue weighted by atomic mass is 16.5. The predicted octanol–water partition coefficient (Wildman–Crippen LogP) is 1.92. The third-order valence-corrected chi connectivity index (χ3v) is 4.18. The van der Waals surface area contributed by atoms with Crippen LogP contribution in [0, 0.1) is 5.92 Å². The summed E-state index contributed by atoms with van der Waals surface area (Å²) < 4.78 is 5.29. The molecule has 2 unspecified atom stereocenters. The molecule has 1 aromatic rings. The van der Waals surface area contributed by atoms with E-state index in [4.69, 9.17) is 4.52 Å². The highest BCUT2D eigenvalue weighted by molar-refractivity contribution is 5.71. The molecule has 0 aromatic carbocycles. The molecule has 6 heteroatoms. The van der Waals surface area contributed by atoms with E-state index in [-0.39, 0.29) is 11.8 Å². The van der Waals surface area contributed by atoms with Gasteiger partial charge in [-0.15, -0.1) is 0 Å². The zero-order valence-electron chi connectivity index (χ0n) is 12.2. The Balaban J connectivity index is 1.96. The summed E-state index contributed by atoms with van der Waals surface area (Å²) in [5.41, 5.74) is 0. The summed E-state index contributed by atoms with van der Waals surface area (Å²) in [5, 5.41) is 13.2. The fourth-order valence-electron chi connectivity index (χ4n) is 2.87. The molecule has 1 fully saturated rings. The van der Waals surface area contributed by atoms with Crippen LogP contribution in [0.4, 0.5) is 0 Å². The van der Waals surface area contributed by atoms with Crippen LogP contribution in [0.15, 0.2) is 4.52 Å². The molecular weight excluding hydrogens is 258 g/mol. The van der Waals surface area contributed by atoms with Crippen molar-refractivity contribution in [2.24, 2.45) is 5.92 Å². The van der Waals surface area contributed by atoms with Crippen LogP contribution in [0.5, 0.6) is 0 Å². The standard InChI is InChI=1S/C14H23N3O3/c1-3-17(4-2)9-8-12-15-13(20-16-12)10-6-5-7-11(10)14(18)19/h10-11H,3-9H2,1-2H3,(H,18,19). The number of hydrogen-bond acceptors (Lipinski definition) is 5. The lowest BCUT2D eigenvalue weighted by atomic mass is 9.96. The molecule has 0 saturated heterocycles. The average Bonchev–Trinajstić information content (AvgIpc) is 3.08. The first kappa shape index (κ1) is 15.0. The number of rotatable bonds is 7. The quantitative estimate of drug-likeness (QED) is 0.822. The van der Waals surface area contributed by atoms with Crippen LogP contribution in [0.25, 0.3) is 0 Å². The minimum Gasteiger partial charge on any atom is -0.481 e. The molecule has 2 rings (SSSR count). The van der Waals surface area contributed by atoms with Gasteiger partial charge in [0.15, 0.2) is 5.82 Å². The van der Waals surface area contributed by atoms with Crippen molar-refractivity contribution in [2.75, 3.05) is 19.6 Å². The lowest BCUT2D eigenvalue weighted by molar-refractivity contribution is -0.142. The molecule has 6 nitrogen and oxygen atoms in total. The van der Waals surface area contributed by atoms with Crippen LogP contribution < -0.4 is 0 Å². The molecule has 112 valence electrons. The lowest BCUT2D eigenvalue weighted by Crippen LogP contribution is -2.25. The lowest BCUT2D eigenvalue weighted by Gasteiger charge is -2.16. The fraction of sp³-hybridized carbons (Fsp3) is 0.786. The number of carboxylic acid groups (broad SMARTS) is 1. The van der Waals surface area contributed by atoms with Gasteiger partial charge in [-0.1, -0.05) is 25.4 Å². The normalized spacial score (nSPS) is 22.6. The van der Waals surface area contributed by atoms with Gasteiger partial charge in [-0.2, -0.15) is 4.98 Å². The van der Waals surface area contributed by atoms with Crippen LogP contribution in [0.3, 0.4) is 0 Å². The van der Waals surface area contributed by atoms with Crippen molar-refractivity contribution in [1.82, 2.24) is 15.0 Å². The summed E-state index contributed by atoms with van der Waals surface area (Å²) in [6.45, 7) is 7.16. The summed E-state index contributed by atoms with van der Waals surface area (Å²) in [4.78, 5) is 17.9. The first-order chi connectivity index (χ1) is 9.65. The Morgan fingerprint density at radius 2 is 2.15 bits per heavy atom. The molecule has 1 aromatic heterocycles. The summed E-state index contributed by atoms with van der Waals surface area (Å²) in [6.07, 6.45) is 3.19. The molecule has 0 radical (unpaired) electrons. The van der Waals surface area contributed by atoms with Gasteiger partial charge in [0, 0.05) is 13.0 Å². The van der Waals surface area contributed by atoms with Crippen molar-refractivity contribution in [3.63, 3.8) is 0 Å². The van der Waals surface area contributed by atoms with Crippen molar-refractivity contribution in [3.8, 4) is 0 Å². The zero-order chi connectivity index (χ0) is 14.5. The maximum Gasteiger partial charge on any atom is 0.307 e. The summed E-state index contributed by atoms with van der Waals surface area (Å²) in [6, 6.07) is 0. The molecule has 0 aliphatic heterocycles. The summed E-state index contributed by atoms with van der Waals surface area (Å²) in [7, 11) is 0. The van der Waals surface area contributed by atoms with E-state index < -0.39 is 5.97 Å². The van der Waals surface area contributed by atoms with Crippen LogP contribution in [0.1, 0.15) is 50.7 Å². The number of carbonyl (C=O) groups is 1. The number of hydrogen-bond donors (Lipinski definition) is 1. The average molecular weight is 281 g/mol. The molecule has 20 heavy (non-hydrogen) atoms. The van der Waals surface area contributed by atoms with Crippen LogP contribution in [0.2, 0.25) is 0 Å². The van der Waals surface area contributed by atoms with Crippen molar-refractivity contribution >= 4 is 5.97 Å². The number of likely N-dealkylation sites (N-methyl/N-ethyl adjacent to an activating group) is 1. The van der Waals surface area contributed by atoms with Gasteiger partial charge in [0.05, 0.1) is 11.8 Å². The summed E-state index contributed by atoms with van der Waals surface area (Å²) >= 11 is 0. The highest BCUT2D eigenvalue weighted by Crippen LogP contribution is 2.38. The maximum absolute atomic E-state index is 11.2. The third-order valence-electron chi connectivity index (χ3n) is 4.18. The van der Waals surface area contributed by atoms with Crippen LogP contribution >= 0.6 is 0 Å². The molecule has 1 aliphatic carbocycles. The largest absolute Gasteiger partial charge is 0.481 e. The van der Waals surface area contributed by atoms with Gasteiger partial charge in [-0.05, 0) is 25.9 Å². The summed E-state index contributed by atoms with van der Waals surface area (Å²) in [5.74, 6) is -0.0453. The van der Waals surface area contributed by atoms with Gasteiger partial charge < -0.3 is 14.5 Å². The molecule has 2 atom stereocenters.